The van der Waals surface area contributed by atoms with Crippen LogP contribution in [0.5, 0.6) is 0 Å². The fourth-order valence-electron chi connectivity index (χ4n) is 1.03. The number of carbonyl (C=O) groups is 1. The van der Waals surface area contributed by atoms with Crippen LogP contribution in [0.4, 0.5) is 0 Å². The van der Waals surface area contributed by atoms with Crippen molar-refractivity contribution >= 4 is 17.7 Å². The maximum Gasteiger partial charge on any atom is 0.222 e. The van der Waals surface area contributed by atoms with Crippen molar-refractivity contribution in [3.63, 3.8) is 0 Å². The normalized spacial score (nSPS) is 12.9. The van der Waals surface area contributed by atoms with Gasteiger partial charge in [0.15, 0.2) is 0 Å². The third-order valence-corrected chi connectivity index (χ3v) is 3.03. The highest BCUT2D eigenvalue weighted by molar-refractivity contribution is 7.99. The SMILES string of the molecule is CSC(C)CCOCCC(=O)NC(C)C. The standard InChI is InChI=1S/C11H23NO2S/c1-9(2)12-11(13)6-8-14-7-5-10(3)15-4/h9-10H,5-8H2,1-4H3,(H,12,13). The summed E-state index contributed by atoms with van der Waals surface area (Å²) < 4.78 is 5.38. The molecule has 1 unspecified atom stereocenters. The number of hydrogen-bond acceptors (Lipinski definition) is 3. The van der Waals surface area contributed by atoms with Gasteiger partial charge in [0.2, 0.25) is 5.91 Å². The van der Waals surface area contributed by atoms with Gasteiger partial charge in [-0.05, 0) is 26.5 Å². The molecule has 0 aromatic carbocycles. The van der Waals surface area contributed by atoms with Crippen molar-refractivity contribution in [2.45, 2.75) is 44.9 Å². The smallest absolute Gasteiger partial charge is 0.222 e. The third kappa shape index (κ3) is 10.1. The summed E-state index contributed by atoms with van der Waals surface area (Å²) in [6.07, 6.45) is 3.61. The minimum absolute atomic E-state index is 0.0721. The van der Waals surface area contributed by atoms with Crippen LogP contribution >= 0.6 is 11.8 Å². The predicted molar refractivity (Wildman–Crippen MR) is 66.3 cm³/mol. The van der Waals surface area contributed by atoms with Crippen LogP contribution in [-0.2, 0) is 9.53 Å². The molecule has 1 N–H and O–H groups in total. The summed E-state index contributed by atoms with van der Waals surface area (Å²) in [6.45, 7) is 7.37. The Kier molecular flexibility index (Phi) is 8.91. The molecular formula is C11H23NO2S. The lowest BCUT2D eigenvalue weighted by Crippen LogP contribution is -2.30. The van der Waals surface area contributed by atoms with Crippen molar-refractivity contribution in [3.05, 3.63) is 0 Å². The molecule has 90 valence electrons. The molecule has 1 atom stereocenters. The van der Waals surface area contributed by atoms with Gasteiger partial charge in [-0.1, -0.05) is 6.92 Å². The van der Waals surface area contributed by atoms with Crippen molar-refractivity contribution in [2.75, 3.05) is 19.5 Å². The molecule has 0 rings (SSSR count). The average molecular weight is 233 g/mol. The second-order valence-corrected chi connectivity index (χ2v) is 5.20. The van der Waals surface area contributed by atoms with E-state index in [0.717, 1.165) is 13.0 Å². The molecule has 0 heterocycles. The zero-order chi connectivity index (χ0) is 11.7. The lowest BCUT2D eigenvalue weighted by molar-refractivity contribution is -0.122. The van der Waals surface area contributed by atoms with Crippen LogP contribution in [0.15, 0.2) is 0 Å². The van der Waals surface area contributed by atoms with Crippen LogP contribution in [0.25, 0.3) is 0 Å². The van der Waals surface area contributed by atoms with Crippen molar-refractivity contribution in [1.29, 1.82) is 0 Å². The third-order valence-electron chi connectivity index (χ3n) is 1.99. The Morgan fingerprint density at radius 3 is 2.53 bits per heavy atom. The number of carbonyl (C=O) groups excluding carboxylic acids is 1. The highest BCUT2D eigenvalue weighted by atomic mass is 32.2. The molecule has 0 aromatic heterocycles. The zero-order valence-corrected chi connectivity index (χ0v) is 11.0. The van der Waals surface area contributed by atoms with E-state index in [1.807, 2.05) is 25.6 Å². The summed E-state index contributed by atoms with van der Waals surface area (Å²) in [5, 5.41) is 3.46. The first-order chi connectivity index (χ1) is 7.06. The predicted octanol–water partition coefficient (Wildman–Crippen LogP) is 2.06. The van der Waals surface area contributed by atoms with E-state index in [1.165, 1.54) is 0 Å². The largest absolute Gasteiger partial charge is 0.381 e. The van der Waals surface area contributed by atoms with E-state index in [2.05, 4.69) is 18.5 Å². The Morgan fingerprint density at radius 2 is 2.00 bits per heavy atom. The first-order valence-corrected chi connectivity index (χ1v) is 6.75. The summed E-state index contributed by atoms with van der Waals surface area (Å²) in [4.78, 5) is 11.2. The maximum atomic E-state index is 11.2. The molecule has 4 heteroatoms. The van der Waals surface area contributed by atoms with Crippen LogP contribution in [0, 0.1) is 0 Å². The minimum atomic E-state index is 0.0721. The molecule has 0 radical (unpaired) electrons. The Hall–Kier alpha value is -0.220. The molecule has 0 saturated heterocycles. The summed E-state index contributed by atoms with van der Waals surface area (Å²) in [7, 11) is 0. The van der Waals surface area contributed by atoms with Gasteiger partial charge >= 0.3 is 0 Å². The second-order valence-electron chi connectivity index (χ2n) is 3.92. The molecule has 0 aliphatic heterocycles. The highest BCUT2D eigenvalue weighted by Gasteiger charge is 2.03. The van der Waals surface area contributed by atoms with Crippen molar-refractivity contribution < 1.29 is 9.53 Å². The molecule has 0 aliphatic carbocycles. The zero-order valence-electron chi connectivity index (χ0n) is 10.2. The number of nitrogens with one attached hydrogen (secondary N) is 1. The van der Waals surface area contributed by atoms with E-state index in [9.17, 15) is 4.79 Å². The fourth-order valence-corrected chi connectivity index (χ4v) is 1.36. The monoisotopic (exact) mass is 233 g/mol. The van der Waals surface area contributed by atoms with Crippen LogP contribution in [0.2, 0.25) is 0 Å². The fraction of sp³-hybridized carbons (Fsp3) is 0.909. The van der Waals surface area contributed by atoms with Crippen molar-refractivity contribution in [3.8, 4) is 0 Å². The molecule has 0 spiro atoms. The molecule has 15 heavy (non-hydrogen) atoms. The van der Waals surface area contributed by atoms with Crippen LogP contribution < -0.4 is 5.32 Å². The number of thioether (sulfide) groups is 1. The number of amides is 1. The number of rotatable bonds is 8. The van der Waals surface area contributed by atoms with Gasteiger partial charge < -0.3 is 10.1 Å². The van der Waals surface area contributed by atoms with E-state index in [-0.39, 0.29) is 11.9 Å². The highest BCUT2D eigenvalue weighted by Crippen LogP contribution is 2.08. The molecule has 0 aromatic rings. The lowest BCUT2D eigenvalue weighted by Gasteiger charge is -2.10. The maximum absolute atomic E-state index is 11.2. The Balaban J connectivity index is 3.27. The van der Waals surface area contributed by atoms with Crippen LogP contribution in [0.1, 0.15) is 33.6 Å². The molecular weight excluding hydrogens is 210 g/mol. The Morgan fingerprint density at radius 1 is 1.33 bits per heavy atom. The van der Waals surface area contributed by atoms with Crippen LogP contribution in [0.3, 0.4) is 0 Å². The number of hydrogen-bond donors (Lipinski definition) is 1. The lowest BCUT2D eigenvalue weighted by atomic mass is 10.3. The molecule has 0 aliphatic rings. The molecule has 0 fully saturated rings. The van der Waals surface area contributed by atoms with E-state index in [1.54, 1.807) is 0 Å². The first kappa shape index (κ1) is 14.8. The summed E-state index contributed by atoms with van der Waals surface area (Å²) in [5.74, 6) is 0.0721. The molecule has 0 bridgehead atoms. The van der Waals surface area contributed by atoms with E-state index in [0.29, 0.717) is 18.3 Å². The number of ether oxygens (including phenoxy) is 1. The van der Waals surface area contributed by atoms with E-state index >= 15 is 0 Å². The van der Waals surface area contributed by atoms with Gasteiger partial charge in [0.05, 0.1) is 6.61 Å². The summed E-state index contributed by atoms with van der Waals surface area (Å²) >= 11 is 1.84. The van der Waals surface area contributed by atoms with E-state index in [4.69, 9.17) is 4.74 Å². The van der Waals surface area contributed by atoms with Gasteiger partial charge in [0, 0.05) is 24.3 Å². The quantitative estimate of drug-likeness (QED) is 0.652. The molecule has 3 nitrogen and oxygen atoms in total. The summed E-state index contributed by atoms with van der Waals surface area (Å²) in [5.41, 5.74) is 0. The van der Waals surface area contributed by atoms with Gasteiger partial charge in [-0.25, -0.2) is 0 Å². The van der Waals surface area contributed by atoms with Gasteiger partial charge in [-0.2, -0.15) is 11.8 Å². The minimum Gasteiger partial charge on any atom is -0.381 e. The average Bonchev–Trinajstić information content (AvgIpc) is 2.15. The van der Waals surface area contributed by atoms with Crippen LogP contribution in [-0.4, -0.2) is 36.7 Å². The molecule has 1 amide bonds. The second kappa shape index (κ2) is 9.04. The Labute approximate surface area is 97.3 Å². The van der Waals surface area contributed by atoms with Gasteiger partial charge in [-0.15, -0.1) is 0 Å². The van der Waals surface area contributed by atoms with Gasteiger partial charge in [-0.3, -0.25) is 4.79 Å². The van der Waals surface area contributed by atoms with E-state index < -0.39 is 0 Å². The van der Waals surface area contributed by atoms with Crippen molar-refractivity contribution in [1.82, 2.24) is 5.32 Å². The molecule has 0 saturated carbocycles. The topological polar surface area (TPSA) is 38.3 Å². The summed E-state index contributed by atoms with van der Waals surface area (Å²) in [6, 6.07) is 0.217. The van der Waals surface area contributed by atoms with Gasteiger partial charge in [0.25, 0.3) is 0 Å². The Bertz CT molecular complexity index is 174. The first-order valence-electron chi connectivity index (χ1n) is 5.46. The van der Waals surface area contributed by atoms with Crippen molar-refractivity contribution in [2.24, 2.45) is 0 Å². The van der Waals surface area contributed by atoms with Gasteiger partial charge in [0.1, 0.15) is 0 Å².